The van der Waals surface area contributed by atoms with Crippen molar-refractivity contribution >= 4 is 13.1 Å². The standard InChI is InChI=1S/C10H22BN3O4/c12-2-1-6(3-9(13)11(17)18)7-4-14-5-8(7)10(15)16/h6-9,14,17-18H,1-5,12-13H2,(H,15,16)/t6-,7?,8?,9+/m0/s1. The van der Waals surface area contributed by atoms with Gasteiger partial charge < -0.3 is 31.9 Å². The monoisotopic (exact) mass is 259 g/mol. The normalized spacial score (nSPS) is 26.9. The molecule has 1 heterocycles. The third-order valence-electron chi connectivity index (χ3n) is 3.68. The summed E-state index contributed by atoms with van der Waals surface area (Å²) in [6, 6.07) is 0. The number of carboxylic acid groups (broad SMARTS) is 1. The Morgan fingerprint density at radius 2 is 2.11 bits per heavy atom. The molecule has 2 unspecified atom stereocenters. The van der Waals surface area contributed by atoms with E-state index in [2.05, 4.69) is 5.32 Å². The van der Waals surface area contributed by atoms with Gasteiger partial charge in [0.15, 0.2) is 0 Å². The lowest BCUT2D eigenvalue weighted by molar-refractivity contribution is -0.143. The summed E-state index contributed by atoms with van der Waals surface area (Å²) in [5.41, 5.74) is 11.2. The van der Waals surface area contributed by atoms with E-state index in [0.717, 1.165) is 0 Å². The molecule has 0 spiro atoms. The Balaban J connectivity index is 2.68. The molecule has 0 radical (unpaired) electrons. The first-order chi connectivity index (χ1) is 8.47. The third-order valence-corrected chi connectivity index (χ3v) is 3.68. The van der Waals surface area contributed by atoms with Crippen LogP contribution in [0.3, 0.4) is 0 Å². The minimum absolute atomic E-state index is 0.0112. The van der Waals surface area contributed by atoms with E-state index in [0.29, 0.717) is 32.5 Å². The maximum atomic E-state index is 11.1. The molecule has 1 saturated heterocycles. The molecule has 0 saturated carbocycles. The zero-order chi connectivity index (χ0) is 13.7. The van der Waals surface area contributed by atoms with Crippen LogP contribution in [0.4, 0.5) is 0 Å². The van der Waals surface area contributed by atoms with Gasteiger partial charge in [0.25, 0.3) is 0 Å². The van der Waals surface area contributed by atoms with Crippen LogP contribution in [0.1, 0.15) is 12.8 Å². The summed E-state index contributed by atoms with van der Waals surface area (Å²) in [5.74, 6) is -2.12. The Morgan fingerprint density at radius 3 is 2.61 bits per heavy atom. The van der Waals surface area contributed by atoms with Gasteiger partial charge in [-0.15, -0.1) is 0 Å². The zero-order valence-electron chi connectivity index (χ0n) is 10.3. The second-order valence-electron chi connectivity index (χ2n) is 4.92. The molecule has 104 valence electrons. The lowest BCUT2D eigenvalue weighted by Gasteiger charge is -2.28. The van der Waals surface area contributed by atoms with Gasteiger partial charge in [-0.05, 0) is 37.8 Å². The van der Waals surface area contributed by atoms with Crippen molar-refractivity contribution in [2.24, 2.45) is 29.2 Å². The molecule has 1 fully saturated rings. The Kier molecular flexibility index (Phi) is 6.03. The molecule has 1 aliphatic rings. The number of rotatable bonds is 7. The van der Waals surface area contributed by atoms with Gasteiger partial charge in [0.1, 0.15) is 0 Å². The van der Waals surface area contributed by atoms with Crippen LogP contribution < -0.4 is 16.8 Å². The highest BCUT2D eigenvalue weighted by atomic mass is 16.4. The van der Waals surface area contributed by atoms with E-state index in [-0.39, 0.29) is 11.8 Å². The number of aliphatic carboxylic acids is 1. The first-order valence-electron chi connectivity index (χ1n) is 6.22. The molecule has 1 rings (SSSR count). The van der Waals surface area contributed by atoms with Gasteiger partial charge in [0, 0.05) is 12.5 Å². The Morgan fingerprint density at radius 1 is 1.44 bits per heavy atom. The molecule has 1 aliphatic heterocycles. The van der Waals surface area contributed by atoms with Crippen molar-refractivity contribution < 1.29 is 19.9 Å². The van der Waals surface area contributed by atoms with Crippen LogP contribution >= 0.6 is 0 Å². The lowest BCUT2D eigenvalue weighted by atomic mass is 9.70. The number of hydrogen-bond donors (Lipinski definition) is 6. The number of carboxylic acids is 1. The third kappa shape index (κ3) is 3.92. The zero-order valence-corrected chi connectivity index (χ0v) is 10.3. The van der Waals surface area contributed by atoms with Gasteiger partial charge in [-0.1, -0.05) is 0 Å². The summed E-state index contributed by atoms with van der Waals surface area (Å²) in [4.78, 5) is 11.1. The van der Waals surface area contributed by atoms with Crippen molar-refractivity contribution in [3.8, 4) is 0 Å². The van der Waals surface area contributed by atoms with Crippen LogP contribution in [-0.2, 0) is 4.79 Å². The summed E-state index contributed by atoms with van der Waals surface area (Å²) in [7, 11) is -1.58. The maximum absolute atomic E-state index is 11.1. The highest BCUT2D eigenvalue weighted by Gasteiger charge is 2.39. The molecule has 8 heteroatoms. The number of nitrogens with two attached hydrogens (primary N) is 2. The largest absolute Gasteiger partial charge is 0.481 e. The Labute approximate surface area is 107 Å². The fourth-order valence-corrected chi connectivity index (χ4v) is 2.66. The molecular weight excluding hydrogens is 237 g/mol. The average molecular weight is 259 g/mol. The minimum Gasteiger partial charge on any atom is -0.481 e. The van der Waals surface area contributed by atoms with Crippen LogP contribution in [-0.4, -0.2) is 53.8 Å². The topological polar surface area (TPSA) is 142 Å². The second kappa shape index (κ2) is 7.05. The summed E-state index contributed by atoms with van der Waals surface area (Å²) in [5, 5.41) is 30.2. The quantitative estimate of drug-likeness (QED) is 0.280. The smallest absolute Gasteiger partial charge is 0.469 e. The summed E-state index contributed by atoms with van der Waals surface area (Å²) < 4.78 is 0. The molecule has 0 aromatic carbocycles. The van der Waals surface area contributed by atoms with Crippen LogP contribution in [0.15, 0.2) is 0 Å². The van der Waals surface area contributed by atoms with E-state index < -0.39 is 24.9 Å². The number of nitrogens with one attached hydrogen (secondary N) is 1. The molecule has 8 N–H and O–H groups in total. The predicted molar refractivity (Wildman–Crippen MR) is 67.4 cm³/mol. The minimum atomic E-state index is -1.58. The molecule has 0 aromatic rings. The fourth-order valence-electron chi connectivity index (χ4n) is 2.66. The van der Waals surface area contributed by atoms with Gasteiger partial charge in [0.2, 0.25) is 0 Å². The van der Waals surface area contributed by atoms with Crippen LogP contribution in [0.2, 0.25) is 0 Å². The van der Waals surface area contributed by atoms with Gasteiger partial charge in [-0.3, -0.25) is 4.79 Å². The van der Waals surface area contributed by atoms with E-state index >= 15 is 0 Å². The Bertz CT molecular complexity index is 280. The highest BCUT2D eigenvalue weighted by Crippen LogP contribution is 2.30. The average Bonchev–Trinajstić information content (AvgIpc) is 2.76. The SMILES string of the molecule is NCC[C@@H](C[C@@H](N)B(O)O)C1CNCC1C(=O)O. The first kappa shape index (κ1) is 15.4. The second-order valence-corrected chi connectivity index (χ2v) is 4.92. The van der Waals surface area contributed by atoms with Crippen molar-refractivity contribution in [3.05, 3.63) is 0 Å². The van der Waals surface area contributed by atoms with E-state index in [1.807, 2.05) is 0 Å². The number of carbonyl (C=O) groups is 1. The van der Waals surface area contributed by atoms with E-state index in [4.69, 9.17) is 26.6 Å². The number of hydrogen-bond acceptors (Lipinski definition) is 6. The van der Waals surface area contributed by atoms with E-state index in [1.54, 1.807) is 0 Å². The molecule has 0 aliphatic carbocycles. The van der Waals surface area contributed by atoms with E-state index in [1.165, 1.54) is 0 Å². The van der Waals surface area contributed by atoms with Crippen molar-refractivity contribution in [2.75, 3.05) is 19.6 Å². The molecule has 4 atom stereocenters. The molecule has 0 aromatic heterocycles. The summed E-state index contributed by atoms with van der Waals surface area (Å²) in [6.07, 6.45) is 1.00. The summed E-state index contributed by atoms with van der Waals surface area (Å²) in [6.45, 7) is 1.48. The van der Waals surface area contributed by atoms with Crippen LogP contribution in [0.5, 0.6) is 0 Å². The Hall–Kier alpha value is -0.665. The maximum Gasteiger partial charge on any atom is 0.469 e. The molecule has 0 amide bonds. The van der Waals surface area contributed by atoms with Crippen LogP contribution in [0.25, 0.3) is 0 Å². The highest BCUT2D eigenvalue weighted by molar-refractivity contribution is 6.43. The fraction of sp³-hybridized carbons (Fsp3) is 0.900. The van der Waals surface area contributed by atoms with Gasteiger partial charge >= 0.3 is 13.1 Å². The predicted octanol–water partition coefficient (Wildman–Crippen LogP) is -2.40. The van der Waals surface area contributed by atoms with Gasteiger partial charge in [0.05, 0.1) is 5.92 Å². The van der Waals surface area contributed by atoms with Crippen molar-refractivity contribution in [1.82, 2.24) is 5.32 Å². The molecular formula is C10H22BN3O4. The first-order valence-corrected chi connectivity index (χ1v) is 6.22. The van der Waals surface area contributed by atoms with E-state index in [9.17, 15) is 4.79 Å². The lowest BCUT2D eigenvalue weighted by Crippen LogP contribution is -2.43. The van der Waals surface area contributed by atoms with Gasteiger partial charge in [-0.2, -0.15) is 0 Å². The van der Waals surface area contributed by atoms with Crippen molar-refractivity contribution in [3.63, 3.8) is 0 Å². The van der Waals surface area contributed by atoms with Crippen LogP contribution in [0, 0.1) is 17.8 Å². The van der Waals surface area contributed by atoms with Crippen molar-refractivity contribution in [2.45, 2.75) is 18.8 Å². The molecule has 0 bridgehead atoms. The summed E-state index contributed by atoms with van der Waals surface area (Å²) >= 11 is 0. The molecule has 18 heavy (non-hydrogen) atoms. The van der Waals surface area contributed by atoms with Crippen molar-refractivity contribution in [1.29, 1.82) is 0 Å². The molecule has 7 nitrogen and oxygen atoms in total. The van der Waals surface area contributed by atoms with Gasteiger partial charge in [-0.25, -0.2) is 0 Å².